The van der Waals surface area contributed by atoms with Crippen LogP contribution in [-0.4, -0.2) is 75.8 Å². The summed E-state index contributed by atoms with van der Waals surface area (Å²) in [6.07, 6.45) is -8.97. The number of rotatable bonds is 7. The first-order valence-corrected chi connectivity index (χ1v) is 11.1. The van der Waals surface area contributed by atoms with E-state index in [1.165, 1.54) is 47.4 Å². The number of aromatic nitrogens is 1. The highest BCUT2D eigenvalue weighted by molar-refractivity contribution is 5.95. The number of nitrogens with zero attached hydrogens (tertiary/aromatic N) is 2. The fourth-order valence-corrected chi connectivity index (χ4v) is 4.14. The molecule has 4 N–H and O–H groups in total. The van der Waals surface area contributed by atoms with Gasteiger partial charge in [-0.2, -0.15) is 13.2 Å². The molecule has 2 amide bonds. The van der Waals surface area contributed by atoms with Crippen LogP contribution in [-0.2, 0) is 10.9 Å². The number of carbonyl (C=O) groups is 2. The largest absolute Gasteiger partial charge is 0.465 e. The van der Waals surface area contributed by atoms with Gasteiger partial charge in [0.1, 0.15) is 6.10 Å². The van der Waals surface area contributed by atoms with Crippen molar-refractivity contribution in [1.29, 1.82) is 0 Å². The number of H-pyrrole nitrogens is 1. The number of halogens is 3. The van der Waals surface area contributed by atoms with Gasteiger partial charge in [0.15, 0.2) is 0 Å². The maximum absolute atomic E-state index is 13.4. The molecule has 1 aliphatic heterocycles. The summed E-state index contributed by atoms with van der Waals surface area (Å²) in [6, 6.07) is 10.7. The minimum Gasteiger partial charge on any atom is -0.465 e. The van der Waals surface area contributed by atoms with Crippen molar-refractivity contribution in [2.45, 2.75) is 18.4 Å². The van der Waals surface area contributed by atoms with Crippen molar-refractivity contribution >= 4 is 28.6 Å². The van der Waals surface area contributed by atoms with Crippen LogP contribution in [0.1, 0.15) is 5.56 Å². The molecule has 0 aliphatic carbocycles. The Morgan fingerprint density at radius 2 is 1.92 bits per heavy atom. The highest BCUT2D eigenvalue weighted by atomic mass is 19.4. The Balaban J connectivity index is 1.60. The topological polar surface area (TPSA) is 143 Å². The van der Waals surface area contributed by atoms with Crippen LogP contribution in [0, 0.1) is 0 Å². The van der Waals surface area contributed by atoms with E-state index in [4.69, 9.17) is 9.84 Å². The lowest BCUT2D eigenvalue weighted by atomic mass is 10.0. The summed E-state index contributed by atoms with van der Waals surface area (Å²) in [5.41, 5.74) is -1.48. The second-order valence-electron chi connectivity index (χ2n) is 8.47. The third-order valence-electron chi connectivity index (χ3n) is 5.87. The molecule has 10 nitrogen and oxygen atoms in total. The zero-order valence-corrected chi connectivity index (χ0v) is 19.1. The van der Waals surface area contributed by atoms with Gasteiger partial charge in [-0.1, -0.05) is 24.3 Å². The minimum absolute atomic E-state index is 0.0161. The first-order valence-electron chi connectivity index (χ1n) is 11.1. The Labute approximate surface area is 207 Å². The molecule has 3 aromatic rings. The van der Waals surface area contributed by atoms with E-state index in [1.54, 1.807) is 0 Å². The molecule has 1 aromatic heterocycles. The molecule has 1 unspecified atom stereocenters. The van der Waals surface area contributed by atoms with Gasteiger partial charge in [-0.3, -0.25) is 9.69 Å². The van der Waals surface area contributed by atoms with Gasteiger partial charge in [-0.25, -0.2) is 9.59 Å². The first kappa shape index (κ1) is 26.0. The Morgan fingerprint density at radius 3 is 2.59 bits per heavy atom. The lowest BCUT2D eigenvalue weighted by Crippen LogP contribution is -2.43. The second kappa shape index (κ2) is 10.1. The molecule has 1 saturated heterocycles. The fraction of sp³-hybridized carbons (Fsp3) is 0.292. The number of ether oxygens (including phenoxy) is 1. The van der Waals surface area contributed by atoms with Crippen molar-refractivity contribution in [3.63, 3.8) is 0 Å². The van der Waals surface area contributed by atoms with Crippen LogP contribution in [0.4, 0.5) is 28.4 Å². The molecule has 2 aromatic carbocycles. The van der Waals surface area contributed by atoms with Crippen molar-refractivity contribution in [3.8, 4) is 11.3 Å². The predicted octanol–water partition coefficient (Wildman–Crippen LogP) is 2.87. The average Bonchev–Trinajstić information content (AvgIpc) is 3.22. The number of amides is 2. The molecule has 37 heavy (non-hydrogen) atoms. The van der Waals surface area contributed by atoms with Crippen molar-refractivity contribution in [1.82, 2.24) is 9.88 Å². The van der Waals surface area contributed by atoms with E-state index in [9.17, 15) is 37.8 Å². The minimum atomic E-state index is -4.62. The normalized spacial score (nSPS) is 16.6. The maximum Gasteiger partial charge on any atom is 0.417 e. The molecule has 196 valence electrons. The Kier molecular flexibility index (Phi) is 7.09. The standard InChI is InChI=1S/C24H22F3N3O7/c25-24(26,27)19-4-2-1-3-17(19)20-7-13-5-6-14(8-18(13)21(33)28-20)30-11-16(37-23(30)36)10-29(22(34)35)9-15(32)12-31/h1-8,15-16,31-32H,9-12H2,(H,28,33)(H,34,35)/t15?,16-/m0/s1. The summed E-state index contributed by atoms with van der Waals surface area (Å²) < 4.78 is 45.6. The molecule has 0 saturated carbocycles. The van der Waals surface area contributed by atoms with Gasteiger partial charge in [-0.05, 0) is 29.7 Å². The van der Waals surface area contributed by atoms with E-state index in [-0.39, 0.29) is 42.0 Å². The van der Waals surface area contributed by atoms with Gasteiger partial charge < -0.3 is 29.9 Å². The van der Waals surface area contributed by atoms with Crippen molar-refractivity contribution in [3.05, 3.63) is 64.4 Å². The molecule has 4 rings (SSSR count). The number of hydrogen-bond acceptors (Lipinski definition) is 6. The van der Waals surface area contributed by atoms with Crippen molar-refractivity contribution in [2.24, 2.45) is 0 Å². The summed E-state index contributed by atoms with van der Waals surface area (Å²) >= 11 is 0. The van der Waals surface area contributed by atoms with E-state index < -0.39 is 48.3 Å². The number of aliphatic hydroxyl groups is 2. The van der Waals surface area contributed by atoms with Gasteiger partial charge >= 0.3 is 18.4 Å². The van der Waals surface area contributed by atoms with Crippen LogP contribution in [0.3, 0.4) is 0 Å². The van der Waals surface area contributed by atoms with E-state index >= 15 is 0 Å². The predicted molar refractivity (Wildman–Crippen MR) is 125 cm³/mol. The molecule has 1 aliphatic rings. The zero-order chi connectivity index (χ0) is 26.9. The SMILES string of the molecule is O=C(O)N(CC(O)CO)C[C@H]1CN(c2ccc3cc(-c4ccccc4C(F)(F)F)[nH]c(=O)c3c2)C(=O)O1. The summed E-state index contributed by atoms with van der Waals surface area (Å²) in [7, 11) is 0. The van der Waals surface area contributed by atoms with Crippen molar-refractivity contribution < 1.29 is 42.8 Å². The number of aromatic amines is 1. The highest BCUT2D eigenvalue weighted by Gasteiger charge is 2.36. The molecule has 2 heterocycles. The molecule has 13 heteroatoms. The van der Waals surface area contributed by atoms with E-state index in [0.29, 0.717) is 5.39 Å². The number of carbonyl (C=O) groups excluding carboxylic acids is 1. The quantitative estimate of drug-likeness (QED) is 0.374. The molecular weight excluding hydrogens is 499 g/mol. The lowest BCUT2D eigenvalue weighted by Gasteiger charge is -2.23. The number of benzene rings is 2. The number of hydrogen-bond donors (Lipinski definition) is 4. The van der Waals surface area contributed by atoms with Gasteiger partial charge in [-0.15, -0.1) is 0 Å². The maximum atomic E-state index is 13.4. The number of cyclic esters (lactones) is 1. The number of alkyl halides is 3. The van der Waals surface area contributed by atoms with E-state index in [0.717, 1.165) is 11.0 Å². The van der Waals surface area contributed by atoms with E-state index in [1.807, 2.05) is 0 Å². The highest BCUT2D eigenvalue weighted by Crippen LogP contribution is 2.36. The van der Waals surface area contributed by atoms with E-state index in [2.05, 4.69) is 4.98 Å². The van der Waals surface area contributed by atoms with Crippen LogP contribution in [0.5, 0.6) is 0 Å². The number of carboxylic acid groups (broad SMARTS) is 1. The Morgan fingerprint density at radius 1 is 1.19 bits per heavy atom. The van der Waals surface area contributed by atoms with Gasteiger partial charge in [0.25, 0.3) is 5.56 Å². The Hall–Kier alpha value is -4.10. The fourth-order valence-electron chi connectivity index (χ4n) is 4.14. The van der Waals surface area contributed by atoms with Gasteiger partial charge in [0.05, 0.1) is 37.9 Å². The molecule has 1 fully saturated rings. The molecule has 2 atom stereocenters. The monoisotopic (exact) mass is 521 g/mol. The van der Waals surface area contributed by atoms with Crippen LogP contribution in [0.15, 0.2) is 53.3 Å². The van der Waals surface area contributed by atoms with Crippen LogP contribution in [0.2, 0.25) is 0 Å². The molecule has 0 bridgehead atoms. The van der Waals surface area contributed by atoms with Crippen LogP contribution >= 0.6 is 0 Å². The van der Waals surface area contributed by atoms with Crippen LogP contribution in [0.25, 0.3) is 22.0 Å². The number of anilines is 1. The smallest absolute Gasteiger partial charge is 0.417 e. The lowest BCUT2D eigenvalue weighted by molar-refractivity contribution is -0.137. The summed E-state index contributed by atoms with van der Waals surface area (Å²) in [5.74, 6) is 0. The van der Waals surface area contributed by atoms with Gasteiger partial charge in [0.2, 0.25) is 0 Å². The number of fused-ring (bicyclic) bond motifs is 1. The third-order valence-corrected chi connectivity index (χ3v) is 5.87. The number of pyridine rings is 1. The molecule has 0 spiro atoms. The second-order valence-corrected chi connectivity index (χ2v) is 8.47. The number of nitrogens with one attached hydrogen (secondary N) is 1. The summed E-state index contributed by atoms with van der Waals surface area (Å²) in [4.78, 5) is 41.2. The van der Waals surface area contributed by atoms with Gasteiger partial charge in [0, 0.05) is 22.3 Å². The number of aliphatic hydroxyl groups excluding tert-OH is 2. The summed E-state index contributed by atoms with van der Waals surface area (Å²) in [6.45, 7) is -1.34. The van der Waals surface area contributed by atoms with Crippen molar-refractivity contribution in [2.75, 3.05) is 31.1 Å². The first-order chi connectivity index (χ1) is 17.5. The average molecular weight is 521 g/mol. The molecule has 0 radical (unpaired) electrons. The molecular formula is C24H22F3N3O7. The zero-order valence-electron chi connectivity index (χ0n) is 19.1. The summed E-state index contributed by atoms with van der Waals surface area (Å²) in [5, 5.41) is 28.3. The third kappa shape index (κ3) is 5.52. The van der Waals surface area contributed by atoms with Crippen LogP contribution < -0.4 is 10.5 Å². The Bertz CT molecular complexity index is 1390.